The number of halogens is 1. The summed E-state index contributed by atoms with van der Waals surface area (Å²) in [6, 6.07) is 11.3. The molecule has 2 unspecified atom stereocenters. The van der Waals surface area contributed by atoms with Crippen molar-refractivity contribution in [2.24, 2.45) is 4.99 Å². The van der Waals surface area contributed by atoms with Gasteiger partial charge >= 0.3 is 0 Å². The highest BCUT2D eigenvalue weighted by molar-refractivity contribution is 14.0. The van der Waals surface area contributed by atoms with E-state index >= 15 is 0 Å². The topological polar surface area (TPSA) is 39.7 Å². The zero-order chi connectivity index (χ0) is 16.5. The van der Waals surface area contributed by atoms with Crippen LogP contribution in [-0.4, -0.2) is 49.6 Å². The van der Waals surface area contributed by atoms with Gasteiger partial charge in [-0.3, -0.25) is 9.89 Å². The number of hydrogen-bond acceptors (Lipinski definition) is 2. The van der Waals surface area contributed by atoms with Crippen LogP contribution in [0.1, 0.15) is 45.1 Å². The Hall–Kier alpha value is -0.820. The number of guanidine groups is 1. The number of hydrogen-bond donors (Lipinski definition) is 2. The highest BCUT2D eigenvalue weighted by atomic mass is 127. The molecule has 5 heteroatoms. The van der Waals surface area contributed by atoms with E-state index in [1.165, 1.54) is 24.9 Å². The van der Waals surface area contributed by atoms with Gasteiger partial charge in [-0.2, -0.15) is 0 Å². The van der Waals surface area contributed by atoms with Crippen LogP contribution in [0, 0.1) is 0 Å². The molecule has 1 aromatic rings. The molecule has 1 aliphatic heterocycles. The van der Waals surface area contributed by atoms with Crippen molar-refractivity contribution < 1.29 is 0 Å². The molecule has 1 saturated heterocycles. The van der Waals surface area contributed by atoms with Crippen molar-refractivity contribution in [1.29, 1.82) is 0 Å². The summed E-state index contributed by atoms with van der Waals surface area (Å²) < 4.78 is 0. The second-order valence-corrected chi connectivity index (χ2v) is 6.34. The van der Waals surface area contributed by atoms with E-state index in [-0.39, 0.29) is 24.0 Å². The standard InChI is InChI=1S/C19H32N4.HI/c1-4-20-19(22-15-18-12-9-13-23(18)5-2)21-14-16(3)17-10-7-6-8-11-17;/h6-8,10-11,16,18H,4-5,9,12-15H2,1-3H3,(H2,20,21,22);1H. The Morgan fingerprint density at radius 1 is 1.25 bits per heavy atom. The molecule has 0 amide bonds. The maximum absolute atomic E-state index is 4.78. The molecule has 0 aliphatic carbocycles. The van der Waals surface area contributed by atoms with Crippen molar-refractivity contribution in [2.75, 3.05) is 32.7 Å². The average Bonchev–Trinajstić information content (AvgIpc) is 3.05. The van der Waals surface area contributed by atoms with Crippen LogP contribution in [0.3, 0.4) is 0 Å². The predicted octanol–water partition coefficient (Wildman–Crippen LogP) is 3.45. The number of aliphatic imine (C=N–C) groups is 1. The monoisotopic (exact) mass is 444 g/mol. The van der Waals surface area contributed by atoms with E-state index in [0.29, 0.717) is 12.0 Å². The zero-order valence-electron chi connectivity index (χ0n) is 15.3. The van der Waals surface area contributed by atoms with Crippen LogP contribution in [0.25, 0.3) is 0 Å². The smallest absolute Gasteiger partial charge is 0.191 e. The van der Waals surface area contributed by atoms with Crippen LogP contribution in [0.2, 0.25) is 0 Å². The molecular weight excluding hydrogens is 411 g/mol. The van der Waals surface area contributed by atoms with Crippen molar-refractivity contribution in [2.45, 2.75) is 45.6 Å². The summed E-state index contributed by atoms with van der Waals surface area (Å²) in [5.41, 5.74) is 1.35. The van der Waals surface area contributed by atoms with Crippen LogP contribution in [0.15, 0.2) is 35.3 Å². The van der Waals surface area contributed by atoms with Crippen LogP contribution in [0.4, 0.5) is 0 Å². The largest absolute Gasteiger partial charge is 0.357 e. The normalized spacial score (nSPS) is 19.6. The van der Waals surface area contributed by atoms with E-state index in [2.05, 4.69) is 66.6 Å². The second kappa shape index (κ2) is 11.7. The minimum atomic E-state index is 0. The molecular formula is C19H33IN4. The summed E-state index contributed by atoms with van der Waals surface area (Å²) in [6.45, 7) is 11.7. The highest BCUT2D eigenvalue weighted by Crippen LogP contribution is 2.16. The molecule has 0 bridgehead atoms. The zero-order valence-corrected chi connectivity index (χ0v) is 17.6. The minimum absolute atomic E-state index is 0. The molecule has 2 rings (SSSR count). The van der Waals surface area contributed by atoms with Crippen molar-refractivity contribution in [3.63, 3.8) is 0 Å². The quantitative estimate of drug-likeness (QED) is 0.385. The molecule has 1 aromatic carbocycles. The summed E-state index contributed by atoms with van der Waals surface area (Å²) in [5, 5.41) is 6.90. The van der Waals surface area contributed by atoms with E-state index in [9.17, 15) is 0 Å². The third-order valence-corrected chi connectivity index (χ3v) is 4.65. The van der Waals surface area contributed by atoms with Crippen molar-refractivity contribution in [1.82, 2.24) is 15.5 Å². The molecule has 1 heterocycles. The fraction of sp³-hybridized carbons (Fsp3) is 0.632. The molecule has 1 aliphatic rings. The van der Waals surface area contributed by atoms with Gasteiger partial charge in [0.05, 0.1) is 0 Å². The average molecular weight is 444 g/mol. The first-order valence-corrected chi connectivity index (χ1v) is 9.05. The predicted molar refractivity (Wildman–Crippen MR) is 115 cm³/mol. The molecule has 0 radical (unpaired) electrons. The number of nitrogens with zero attached hydrogens (tertiary/aromatic N) is 2. The van der Waals surface area contributed by atoms with E-state index in [1.54, 1.807) is 0 Å². The van der Waals surface area contributed by atoms with E-state index in [4.69, 9.17) is 4.99 Å². The van der Waals surface area contributed by atoms with Crippen molar-refractivity contribution in [3.05, 3.63) is 35.9 Å². The number of nitrogens with one attached hydrogen (secondary N) is 2. The maximum atomic E-state index is 4.78. The van der Waals surface area contributed by atoms with E-state index in [0.717, 1.165) is 32.1 Å². The first kappa shape index (κ1) is 21.2. The fourth-order valence-corrected chi connectivity index (χ4v) is 3.21. The lowest BCUT2D eigenvalue weighted by atomic mass is 10.0. The lowest BCUT2D eigenvalue weighted by molar-refractivity contribution is 0.267. The Labute approximate surface area is 164 Å². The lowest BCUT2D eigenvalue weighted by Gasteiger charge is -2.24. The Morgan fingerprint density at radius 3 is 2.67 bits per heavy atom. The molecule has 1 fully saturated rings. The number of benzene rings is 1. The van der Waals surface area contributed by atoms with Crippen LogP contribution in [-0.2, 0) is 0 Å². The Kier molecular flexibility index (Phi) is 10.3. The van der Waals surface area contributed by atoms with Gasteiger partial charge in [-0.25, -0.2) is 0 Å². The summed E-state index contributed by atoms with van der Waals surface area (Å²) in [7, 11) is 0. The summed E-state index contributed by atoms with van der Waals surface area (Å²) in [5.74, 6) is 1.38. The second-order valence-electron chi connectivity index (χ2n) is 6.34. The number of rotatable bonds is 7. The van der Waals surface area contributed by atoms with Gasteiger partial charge in [0.15, 0.2) is 5.96 Å². The van der Waals surface area contributed by atoms with Gasteiger partial charge < -0.3 is 10.6 Å². The van der Waals surface area contributed by atoms with Gasteiger partial charge in [-0.1, -0.05) is 44.2 Å². The van der Waals surface area contributed by atoms with E-state index < -0.39 is 0 Å². The molecule has 24 heavy (non-hydrogen) atoms. The SMILES string of the molecule is CCNC(=NCC(C)c1ccccc1)NCC1CCCN1CC.I. The summed E-state index contributed by atoms with van der Waals surface area (Å²) in [4.78, 5) is 7.34. The van der Waals surface area contributed by atoms with Crippen LogP contribution >= 0.6 is 24.0 Å². The van der Waals surface area contributed by atoms with Crippen LogP contribution in [0.5, 0.6) is 0 Å². The van der Waals surface area contributed by atoms with Gasteiger partial charge in [0.1, 0.15) is 0 Å². The number of likely N-dealkylation sites (tertiary alicyclic amines) is 1. The maximum Gasteiger partial charge on any atom is 0.191 e. The summed E-state index contributed by atoms with van der Waals surface area (Å²) in [6.07, 6.45) is 2.61. The molecule has 2 N–H and O–H groups in total. The summed E-state index contributed by atoms with van der Waals surface area (Å²) >= 11 is 0. The Balaban J connectivity index is 0.00000288. The third-order valence-electron chi connectivity index (χ3n) is 4.65. The van der Waals surface area contributed by atoms with Gasteiger partial charge in [-0.05, 0) is 38.4 Å². The van der Waals surface area contributed by atoms with Crippen molar-refractivity contribution >= 4 is 29.9 Å². The molecule has 2 atom stereocenters. The van der Waals surface area contributed by atoms with Gasteiger partial charge in [-0.15, -0.1) is 24.0 Å². The van der Waals surface area contributed by atoms with Crippen LogP contribution < -0.4 is 10.6 Å². The van der Waals surface area contributed by atoms with Crippen molar-refractivity contribution in [3.8, 4) is 0 Å². The Morgan fingerprint density at radius 2 is 2.00 bits per heavy atom. The lowest BCUT2D eigenvalue weighted by Crippen LogP contribution is -2.45. The van der Waals surface area contributed by atoms with Gasteiger partial charge in [0.25, 0.3) is 0 Å². The van der Waals surface area contributed by atoms with Gasteiger partial charge in [0.2, 0.25) is 0 Å². The third kappa shape index (κ3) is 6.59. The number of likely N-dealkylation sites (N-methyl/N-ethyl adjacent to an activating group) is 1. The molecule has 136 valence electrons. The van der Waals surface area contributed by atoms with Gasteiger partial charge in [0, 0.05) is 31.6 Å². The fourth-order valence-electron chi connectivity index (χ4n) is 3.21. The minimum Gasteiger partial charge on any atom is -0.357 e. The molecule has 0 spiro atoms. The first-order valence-electron chi connectivity index (χ1n) is 9.05. The highest BCUT2D eigenvalue weighted by Gasteiger charge is 2.22. The first-order chi connectivity index (χ1) is 11.2. The molecule has 4 nitrogen and oxygen atoms in total. The molecule has 0 saturated carbocycles. The molecule has 0 aromatic heterocycles. The Bertz CT molecular complexity index is 478. The van der Waals surface area contributed by atoms with E-state index in [1.807, 2.05) is 0 Å².